The van der Waals surface area contributed by atoms with Gasteiger partial charge in [-0.1, -0.05) is 67.6 Å². The van der Waals surface area contributed by atoms with E-state index in [1.54, 1.807) is 7.11 Å². The lowest BCUT2D eigenvalue weighted by Crippen LogP contribution is -2.40. The van der Waals surface area contributed by atoms with E-state index in [9.17, 15) is 0 Å². The second-order valence-corrected chi connectivity index (χ2v) is 4.81. The van der Waals surface area contributed by atoms with Crippen LogP contribution in [0.1, 0.15) is 18.1 Å². The summed E-state index contributed by atoms with van der Waals surface area (Å²) in [6.07, 6.45) is 0. The van der Waals surface area contributed by atoms with Crippen LogP contribution in [0.2, 0.25) is 0 Å². The largest absolute Gasteiger partial charge is 0.368 e. The van der Waals surface area contributed by atoms with E-state index in [-0.39, 0.29) is 5.92 Å². The Morgan fingerprint density at radius 2 is 1.37 bits per heavy atom. The van der Waals surface area contributed by atoms with Crippen molar-refractivity contribution in [3.63, 3.8) is 0 Å². The Kier molecular flexibility index (Phi) is 4.35. The van der Waals surface area contributed by atoms with Crippen molar-refractivity contribution in [2.75, 3.05) is 13.7 Å². The van der Waals surface area contributed by atoms with Gasteiger partial charge in [0.05, 0.1) is 0 Å². The Balaban J connectivity index is 2.62. The fourth-order valence-electron chi connectivity index (χ4n) is 2.71. The number of hydrogen-bond donors (Lipinski definition) is 1. The number of hydrogen-bond acceptors (Lipinski definition) is 2. The van der Waals surface area contributed by atoms with Gasteiger partial charge in [0.15, 0.2) is 0 Å². The van der Waals surface area contributed by atoms with E-state index in [1.807, 2.05) is 36.4 Å². The second-order valence-electron chi connectivity index (χ2n) is 4.81. The molecular formula is C17H21NO. The fourth-order valence-corrected chi connectivity index (χ4v) is 2.71. The zero-order valence-corrected chi connectivity index (χ0v) is 11.5. The lowest BCUT2D eigenvalue weighted by atomic mass is 9.76. The molecule has 0 saturated heterocycles. The number of nitrogens with two attached hydrogens (primary N) is 1. The van der Waals surface area contributed by atoms with Gasteiger partial charge in [-0.2, -0.15) is 0 Å². The Hall–Kier alpha value is -1.64. The van der Waals surface area contributed by atoms with Gasteiger partial charge < -0.3 is 10.5 Å². The highest BCUT2D eigenvalue weighted by Crippen LogP contribution is 2.39. The molecule has 0 bridgehead atoms. The molecule has 1 unspecified atom stereocenters. The first-order valence-corrected chi connectivity index (χ1v) is 6.62. The molecule has 2 aromatic rings. The third kappa shape index (κ3) is 2.42. The van der Waals surface area contributed by atoms with Gasteiger partial charge in [-0.3, -0.25) is 0 Å². The Bertz CT molecular complexity index is 456. The van der Waals surface area contributed by atoms with Crippen LogP contribution in [0.15, 0.2) is 60.7 Å². The van der Waals surface area contributed by atoms with E-state index in [0.717, 1.165) is 11.1 Å². The van der Waals surface area contributed by atoms with E-state index in [0.29, 0.717) is 6.54 Å². The SMILES string of the molecule is COC(c1ccccc1)(c1ccccc1)C(C)CN. The highest BCUT2D eigenvalue weighted by molar-refractivity contribution is 5.37. The molecule has 0 spiro atoms. The lowest BCUT2D eigenvalue weighted by molar-refractivity contribution is -0.0205. The molecule has 0 fully saturated rings. The van der Waals surface area contributed by atoms with E-state index in [4.69, 9.17) is 10.5 Å². The number of benzene rings is 2. The van der Waals surface area contributed by atoms with Crippen molar-refractivity contribution in [2.45, 2.75) is 12.5 Å². The molecule has 19 heavy (non-hydrogen) atoms. The van der Waals surface area contributed by atoms with Gasteiger partial charge in [0.2, 0.25) is 0 Å². The van der Waals surface area contributed by atoms with E-state index >= 15 is 0 Å². The summed E-state index contributed by atoms with van der Waals surface area (Å²) >= 11 is 0. The summed E-state index contributed by atoms with van der Waals surface area (Å²) in [6, 6.07) is 20.6. The molecular weight excluding hydrogens is 234 g/mol. The van der Waals surface area contributed by atoms with Crippen LogP contribution in [0.4, 0.5) is 0 Å². The molecule has 0 aliphatic rings. The van der Waals surface area contributed by atoms with Crippen molar-refractivity contribution in [2.24, 2.45) is 11.7 Å². The maximum absolute atomic E-state index is 5.98. The molecule has 100 valence electrons. The summed E-state index contributed by atoms with van der Waals surface area (Å²) in [6.45, 7) is 2.70. The average molecular weight is 255 g/mol. The molecule has 0 heterocycles. The quantitative estimate of drug-likeness (QED) is 0.890. The first kappa shape index (κ1) is 13.8. The summed E-state index contributed by atoms with van der Waals surface area (Å²) in [4.78, 5) is 0. The van der Waals surface area contributed by atoms with Crippen molar-refractivity contribution >= 4 is 0 Å². The van der Waals surface area contributed by atoms with Crippen LogP contribution >= 0.6 is 0 Å². The summed E-state index contributed by atoms with van der Waals surface area (Å²) in [7, 11) is 1.76. The Morgan fingerprint density at radius 3 is 1.68 bits per heavy atom. The van der Waals surface area contributed by atoms with Crippen LogP contribution in [0.3, 0.4) is 0 Å². The highest BCUT2D eigenvalue weighted by atomic mass is 16.5. The average Bonchev–Trinajstić information content (AvgIpc) is 2.50. The minimum Gasteiger partial charge on any atom is -0.368 e. The zero-order valence-electron chi connectivity index (χ0n) is 11.5. The van der Waals surface area contributed by atoms with Crippen molar-refractivity contribution in [3.8, 4) is 0 Å². The number of rotatable bonds is 5. The molecule has 2 N–H and O–H groups in total. The summed E-state index contributed by atoms with van der Waals surface area (Å²) < 4.78 is 5.98. The van der Waals surface area contributed by atoms with E-state index in [1.165, 1.54) is 0 Å². The lowest BCUT2D eigenvalue weighted by Gasteiger charge is -2.38. The van der Waals surface area contributed by atoms with Crippen LogP contribution in [-0.4, -0.2) is 13.7 Å². The van der Waals surface area contributed by atoms with Crippen LogP contribution < -0.4 is 5.73 Å². The van der Waals surface area contributed by atoms with E-state index in [2.05, 4.69) is 31.2 Å². The minimum atomic E-state index is -0.489. The Morgan fingerprint density at radius 1 is 0.947 bits per heavy atom. The van der Waals surface area contributed by atoms with Crippen LogP contribution in [0.5, 0.6) is 0 Å². The highest BCUT2D eigenvalue weighted by Gasteiger charge is 2.39. The smallest absolute Gasteiger partial charge is 0.121 e. The molecule has 0 aliphatic carbocycles. The van der Waals surface area contributed by atoms with Crippen molar-refractivity contribution in [1.29, 1.82) is 0 Å². The van der Waals surface area contributed by atoms with Crippen LogP contribution in [0, 0.1) is 5.92 Å². The molecule has 0 aromatic heterocycles. The molecule has 0 radical (unpaired) electrons. The first-order chi connectivity index (χ1) is 9.25. The van der Waals surface area contributed by atoms with Crippen molar-refractivity contribution in [3.05, 3.63) is 71.8 Å². The minimum absolute atomic E-state index is 0.183. The van der Waals surface area contributed by atoms with Crippen molar-refractivity contribution < 1.29 is 4.74 Å². The standard InChI is InChI=1S/C17H21NO/c1-14(13-18)17(19-2,15-9-5-3-6-10-15)16-11-7-4-8-12-16/h3-12,14H,13,18H2,1-2H3. The van der Waals surface area contributed by atoms with Gasteiger partial charge in [-0.05, 0) is 17.7 Å². The van der Waals surface area contributed by atoms with Crippen LogP contribution in [-0.2, 0) is 10.3 Å². The zero-order chi connectivity index (χ0) is 13.7. The normalized spacial score (nSPS) is 13.2. The first-order valence-electron chi connectivity index (χ1n) is 6.62. The predicted molar refractivity (Wildman–Crippen MR) is 78.9 cm³/mol. The third-order valence-electron chi connectivity index (χ3n) is 3.77. The van der Waals surface area contributed by atoms with E-state index < -0.39 is 5.60 Å². The van der Waals surface area contributed by atoms with Gasteiger partial charge in [-0.15, -0.1) is 0 Å². The molecule has 2 rings (SSSR count). The monoisotopic (exact) mass is 255 g/mol. The molecule has 2 heteroatoms. The van der Waals surface area contributed by atoms with Crippen molar-refractivity contribution in [1.82, 2.24) is 0 Å². The van der Waals surface area contributed by atoms with Gasteiger partial charge >= 0.3 is 0 Å². The molecule has 0 aliphatic heterocycles. The fraction of sp³-hybridized carbons (Fsp3) is 0.294. The summed E-state index contributed by atoms with van der Waals surface area (Å²) in [5.74, 6) is 0.183. The summed E-state index contributed by atoms with van der Waals surface area (Å²) in [5, 5.41) is 0. The molecule has 2 aromatic carbocycles. The molecule has 1 atom stereocenters. The molecule has 0 saturated carbocycles. The molecule has 2 nitrogen and oxygen atoms in total. The Labute approximate surface area is 115 Å². The third-order valence-corrected chi connectivity index (χ3v) is 3.77. The van der Waals surface area contributed by atoms with Crippen LogP contribution in [0.25, 0.3) is 0 Å². The van der Waals surface area contributed by atoms with Gasteiger partial charge in [0.1, 0.15) is 5.60 Å². The second kappa shape index (κ2) is 6.00. The number of ether oxygens (including phenoxy) is 1. The number of methoxy groups -OCH3 is 1. The maximum Gasteiger partial charge on any atom is 0.121 e. The summed E-state index contributed by atoms with van der Waals surface area (Å²) in [5.41, 5.74) is 7.72. The predicted octanol–water partition coefficient (Wildman–Crippen LogP) is 3.17. The van der Waals surface area contributed by atoms with Gasteiger partial charge in [-0.25, -0.2) is 0 Å². The maximum atomic E-state index is 5.98. The molecule has 0 amide bonds. The topological polar surface area (TPSA) is 35.2 Å². The van der Waals surface area contributed by atoms with Gasteiger partial charge in [0.25, 0.3) is 0 Å². The van der Waals surface area contributed by atoms with Gasteiger partial charge in [0, 0.05) is 13.0 Å².